The van der Waals surface area contributed by atoms with Gasteiger partial charge in [0.15, 0.2) is 0 Å². The lowest BCUT2D eigenvalue weighted by Crippen LogP contribution is -2.21. The van der Waals surface area contributed by atoms with Gasteiger partial charge in [-0.3, -0.25) is 0 Å². The number of nitrogens with one attached hydrogen (secondary N) is 1. The van der Waals surface area contributed by atoms with Crippen molar-refractivity contribution < 1.29 is 31.5 Å². The first-order valence-corrected chi connectivity index (χ1v) is 4.58. The zero-order valence-electron chi connectivity index (χ0n) is 6.71. The van der Waals surface area contributed by atoms with Crippen molar-refractivity contribution in [3.8, 4) is 0 Å². The molecule has 80 valence electrons. The molecule has 5 nitrogen and oxygen atoms in total. The summed E-state index contributed by atoms with van der Waals surface area (Å²) < 4.78 is 53.6. The molecule has 0 atom stereocenters. The van der Waals surface area contributed by atoms with Crippen LogP contribution >= 0.6 is 0 Å². The van der Waals surface area contributed by atoms with Gasteiger partial charge in [-0.05, 0) is 7.05 Å². The summed E-state index contributed by atoms with van der Waals surface area (Å²) in [5, 5.41) is 7.12. The molecule has 0 saturated heterocycles. The van der Waals surface area contributed by atoms with E-state index in [0.717, 1.165) is 6.26 Å². The molecule has 0 unspecified atom stereocenters. The van der Waals surface area contributed by atoms with Crippen molar-refractivity contribution in [1.82, 2.24) is 4.72 Å². The minimum absolute atomic E-state index is 1.10. The van der Waals surface area contributed by atoms with Gasteiger partial charge in [-0.25, -0.2) is 17.9 Å². The lowest BCUT2D eigenvalue weighted by atomic mass is 10.7. The molecule has 2 N–H and O–H groups in total. The maximum absolute atomic E-state index is 10.6. The third-order valence-electron chi connectivity index (χ3n) is 0.613. The van der Waals surface area contributed by atoms with Crippen LogP contribution in [0.3, 0.4) is 0 Å². The van der Waals surface area contributed by atoms with Gasteiger partial charge in [-0.15, -0.1) is 0 Å². The molecule has 13 heavy (non-hydrogen) atoms. The van der Waals surface area contributed by atoms with Gasteiger partial charge in [-0.1, -0.05) is 0 Å². The Labute approximate surface area is 72.6 Å². The number of hydrogen-bond acceptors (Lipinski definition) is 3. The van der Waals surface area contributed by atoms with E-state index < -0.39 is 22.2 Å². The summed E-state index contributed by atoms with van der Waals surface area (Å²) in [4.78, 5) is 8.90. The van der Waals surface area contributed by atoms with Crippen LogP contribution in [0.25, 0.3) is 0 Å². The van der Waals surface area contributed by atoms with Crippen LogP contribution < -0.4 is 4.72 Å². The molecule has 0 aliphatic heterocycles. The number of hydrogen-bond donors (Lipinski definition) is 2. The summed E-state index contributed by atoms with van der Waals surface area (Å²) in [5.74, 6) is -2.76. The molecule has 0 aromatic rings. The van der Waals surface area contributed by atoms with Gasteiger partial charge < -0.3 is 5.11 Å². The molecule has 0 aromatic carbocycles. The quantitative estimate of drug-likeness (QED) is 0.644. The van der Waals surface area contributed by atoms with Gasteiger partial charge >= 0.3 is 12.1 Å². The molecule has 9 heteroatoms. The number of carboxylic acids is 1. The number of rotatable bonds is 1. The van der Waals surface area contributed by atoms with Crippen LogP contribution in [0.2, 0.25) is 0 Å². The summed E-state index contributed by atoms with van der Waals surface area (Å²) in [7, 11) is -1.54. The number of aliphatic carboxylic acids is 1. The summed E-state index contributed by atoms with van der Waals surface area (Å²) in [5.41, 5.74) is 0. The summed E-state index contributed by atoms with van der Waals surface area (Å²) in [6, 6.07) is 0. The summed E-state index contributed by atoms with van der Waals surface area (Å²) in [6.07, 6.45) is -3.98. The number of sulfonamides is 1. The van der Waals surface area contributed by atoms with Crippen molar-refractivity contribution in [3.63, 3.8) is 0 Å². The predicted octanol–water partition coefficient (Wildman–Crippen LogP) is -0.201. The maximum Gasteiger partial charge on any atom is 0.490 e. The highest BCUT2D eigenvalue weighted by Crippen LogP contribution is 2.13. The predicted molar refractivity (Wildman–Crippen MR) is 37.6 cm³/mol. The highest BCUT2D eigenvalue weighted by atomic mass is 32.2. The van der Waals surface area contributed by atoms with Crippen molar-refractivity contribution >= 4 is 16.0 Å². The Morgan fingerprint density at radius 2 is 1.54 bits per heavy atom. The Morgan fingerprint density at radius 3 is 1.54 bits per heavy atom. The zero-order valence-corrected chi connectivity index (χ0v) is 7.53. The van der Waals surface area contributed by atoms with E-state index in [1.807, 2.05) is 0 Å². The monoisotopic (exact) mass is 223 g/mol. The van der Waals surface area contributed by atoms with Gasteiger partial charge in [0, 0.05) is 0 Å². The van der Waals surface area contributed by atoms with Gasteiger partial charge in [0.25, 0.3) is 0 Å². The fourth-order valence-electron chi connectivity index (χ4n) is 0. The lowest BCUT2D eigenvalue weighted by Gasteiger charge is -1.93. The first kappa shape index (κ1) is 14.7. The second kappa shape index (κ2) is 5.02. The van der Waals surface area contributed by atoms with Gasteiger partial charge in [0.05, 0.1) is 6.26 Å². The molecule has 0 saturated carbocycles. The third kappa shape index (κ3) is 14.1. The fraction of sp³-hybridized carbons (Fsp3) is 0.750. The van der Waals surface area contributed by atoms with E-state index in [0.29, 0.717) is 0 Å². The highest BCUT2D eigenvalue weighted by molar-refractivity contribution is 7.88. The molecule has 0 heterocycles. The Hall–Kier alpha value is -0.830. The number of alkyl halides is 3. The van der Waals surface area contributed by atoms with Crippen molar-refractivity contribution in [2.75, 3.05) is 13.3 Å². The van der Waals surface area contributed by atoms with Crippen molar-refractivity contribution in [3.05, 3.63) is 0 Å². The normalized spacial score (nSPS) is 11.5. The highest BCUT2D eigenvalue weighted by Gasteiger charge is 2.38. The fourth-order valence-corrected chi connectivity index (χ4v) is 0. The molecule has 0 aromatic heterocycles. The molecule has 0 fully saturated rings. The zero-order chi connectivity index (χ0) is 11.3. The molecule has 0 bridgehead atoms. The number of carbonyl (C=O) groups is 1. The molecular weight excluding hydrogens is 215 g/mol. The van der Waals surface area contributed by atoms with E-state index in [2.05, 4.69) is 4.72 Å². The van der Waals surface area contributed by atoms with Crippen LogP contribution in [-0.2, 0) is 14.8 Å². The molecule has 0 amide bonds. The average Bonchev–Trinajstić information content (AvgIpc) is 1.85. The number of carboxylic acid groups (broad SMARTS) is 1. The average molecular weight is 223 g/mol. The molecule has 0 radical (unpaired) electrons. The Bertz CT molecular complexity index is 257. The smallest absolute Gasteiger partial charge is 0.475 e. The van der Waals surface area contributed by atoms with Crippen molar-refractivity contribution in [2.45, 2.75) is 6.18 Å². The van der Waals surface area contributed by atoms with E-state index in [1.165, 1.54) is 7.05 Å². The first-order chi connectivity index (χ1) is 5.50. The van der Waals surface area contributed by atoms with Crippen LogP contribution in [0.5, 0.6) is 0 Å². The van der Waals surface area contributed by atoms with Crippen molar-refractivity contribution in [2.24, 2.45) is 0 Å². The standard InChI is InChI=1S/C2HF3O2.C2H7NO2S/c3-2(4,5)1(6)7;1-3-6(2,4)5/h(H,6,7);3H,1-2H3. The maximum atomic E-state index is 10.6. The van der Waals surface area contributed by atoms with E-state index in [-0.39, 0.29) is 0 Å². The van der Waals surface area contributed by atoms with Gasteiger partial charge in [0.2, 0.25) is 10.0 Å². The Kier molecular flexibility index (Phi) is 5.67. The minimum atomic E-state index is -5.08. The molecular formula is C4H8F3NO4S. The minimum Gasteiger partial charge on any atom is -0.475 e. The molecule has 0 aliphatic carbocycles. The van der Waals surface area contributed by atoms with Gasteiger partial charge in [0.1, 0.15) is 0 Å². The SMILES string of the molecule is CNS(C)(=O)=O.O=C(O)C(F)(F)F. The van der Waals surface area contributed by atoms with Gasteiger partial charge in [-0.2, -0.15) is 13.2 Å². The molecule has 0 aliphatic rings. The Balaban J connectivity index is 0. The van der Waals surface area contributed by atoms with Crippen LogP contribution in [0.4, 0.5) is 13.2 Å². The number of halogens is 3. The molecule has 0 rings (SSSR count). The van der Waals surface area contributed by atoms with E-state index in [1.54, 1.807) is 0 Å². The van der Waals surface area contributed by atoms with Crippen LogP contribution in [-0.4, -0.2) is 39.0 Å². The second-order valence-corrected chi connectivity index (χ2v) is 3.73. The van der Waals surface area contributed by atoms with E-state index >= 15 is 0 Å². The Morgan fingerprint density at radius 1 is 1.38 bits per heavy atom. The topological polar surface area (TPSA) is 83.5 Å². The van der Waals surface area contributed by atoms with E-state index in [4.69, 9.17) is 9.90 Å². The lowest BCUT2D eigenvalue weighted by molar-refractivity contribution is -0.192. The summed E-state index contributed by atoms with van der Waals surface area (Å²) >= 11 is 0. The largest absolute Gasteiger partial charge is 0.490 e. The van der Waals surface area contributed by atoms with Crippen LogP contribution in [0, 0.1) is 0 Å². The first-order valence-electron chi connectivity index (χ1n) is 2.69. The summed E-state index contributed by atoms with van der Waals surface area (Å²) in [6.45, 7) is 0. The van der Waals surface area contributed by atoms with Crippen LogP contribution in [0.1, 0.15) is 0 Å². The molecule has 0 spiro atoms. The van der Waals surface area contributed by atoms with E-state index in [9.17, 15) is 21.6 Å². The second-order valence-electron chi connectivity index (χ2n) is 1.78. The van der Waals surface area contributed by atoms with Crippen molar-refractivity contribution in [1.29, 1.82) is 0 Å². The van der Waals surface area contributed by atoms with Crippen LogP contribution in [0.15, 0.2) is 0 Å². The third-order valence-corrected chi connectivity index (χ3v) is 1.35.